The van der Waals surface area contributed by atoms with Crippen LogP contribution in [-0.2, 0) is 13.0 Å². The number of nitrogens with one attached hydrogen (secondary N) is 1. The second-order valence-corrected chi connectivity index (χ2v) is 5.17. The van der Waals surface area contributed by atoms with Gasteiger partial charge in [0.15, 0.2) is 0 Å². The van der Waals surface area contributed by atoms with E-state index >= 15 is 0 Å². The number of likely N-dealkylation sites (N-methyl/N-ethyl adjacent to an activating group) is 1. The molecule has 1 fully saturated rings. The Bertz CT molecular complexity index is 414. The highest BCUT2D eigenvalue weighted by molar-refractivity contribution is 5.39. The zero-order valence-corrected chi connectivity index (χ0v) is 11.0. The molecule has 3 rings (SSSR count). The molecule has 1 aromatic carbocycles. The highest BCUT2D eigenvalue weighted by Crippen LogP contribution is 2.25. The minimum absolute atomic E-state index is 0.838. The summed E-state index contributed by atoms with van der Waals surface area (Å²) in [6, 6.07) is 6.53. The van der Waals surface area contributed by atoms with Crippen LogP contribution in [0.1, 0.15) is 11.1 Å². The van der Waals surface area contributed by atoms with E-state index in [0.717, 1.165) is 51.5 Å². The van der Waals surface area contributed by atoms with E-state index in [0.29, 0.717) is 0 Å². The van der Waals surface area contributed by atoms with Crippen molar-refractivity contribution in [1.82, 2.24) is 15.3 Å². The molecule has 0 unspecified atom stereocenters. The Morgan fingerprint density at radius 3 is 2.89 bits per heavy atom. The molecule has 4 nitrogen and oxygen atoms in total. The summed E-state index contributed by atoms with van der Waals surface area (Å²) < 4.78 is 5.52. The van der Waals surface area contributed by atoms with Crippen molar-refractivity contribution in [2.24, 2.45) is 0 Å². The van der Waals surface area contributed by atoms with E-state index in [1.165, 1.54) is 11.1 Å². The first-order valence-electron chi connectivity index (χ1n) is 6.73. The largest absolute Gasteiger partial charge is 0.493 e. The lowest BCUT2D eigenvalue weighted by molar-refractivity contribution is 0.102. The Labute approximate surface area is 108 Å². The van der Waals surface area contributed by atoms with Crippen LogP contribution in [-0.4, -0.2) is 49.7 Å². The molecular formula is C14H21N3O. The third kappa shape index (κ3) is 2.66. The second-order valence-electron chi connectivity index (χ2n) is 5.17. The molecule has 2 aliphatic heterocycles. The molecule has 0 amide bonds. The van der Waals surface area contributed by atoms with E-state index < -0.39 is 0 Å². The maximum absolute atomic E-state index is 5.52. The summed E-state index contributed by atoms with van der Waals surface area (Å²) in [5.41, 5.74) is 6.22. The molecule has 1 saturated heterocycles. The van der Waals surface area contributed by atoms with Crippen LogP contribution in [0, 0.1) is 0 Å². The first kappa shape index (κ1) is 12.0. The van der Waals surface area contributed by atoms with Gasteiger partial charge in [-0.3, -0.25) is 5.43 Å². The fraction of sp³-hybridized carbons (Fsp3) is 0.571. The smallest absolute Gasteiger partial charge is 0.122 e. The Balaban J connectivity index is 1.54. The Morgan fingerprint density at radius 2 is 2.06 bits per heavy atom. The van der Waals surface area contributed by atoms with Gasteiger partial charge in [0.25, 0.3) is 0 Å². The molecule has 2 aliphatic rings. The van der Waals surface area contributed by atoms with Crippen LogP contribution in [0.5, 0.6) is 5.75 Å². The van der Waals surface area contributed by atoms with Gasteiger partial charge in [-0.1, -0.05) is 12.1 Å². The van der Waals surface area contributed by atoms with Crippen molar-refractivity contribution in [3.8, 4) is 5.75 Å². The average molecular weight is 247 g/mol. The van der Waals surface area contributed by atoms with Gasteiger partial charge in [-0.2, -0.15) is 0 Å². The van der Waals surface area contributed by atoms with Crippen molar-refractivity contribution in [2.75, 3.05) is 39.8 Å². The summed E-state index contributed by atoms with van der Waals surface area (Å²) in [6.07, 6.45) is 1.05. The highest BCUT2D eigenvalue weighted by atomic mass is 16.5. The summed E-state index contributed by atoms with van der Waals surface area (Å²) in [5.74, 6) is 1.07. The van der Waals surface area contributed by atoms with Gasteiger partial charge in [-0.25, -0.2) is 5.01 Å². The van der Waals surface area contributed by atoms with Crippen molar-refractivity contribution in [3.63, 3.8) is 0 Å². The number of fused-ring (bicyclic) bond motifs is 1. The normalized spacial score (nSPS) is 20.7. The Hall–Kier alpha value is -1.10. The SMILES string of the molecule is CN1CCN(NCc2ccc3c(c2)CCO3)CC1. The number of hydrogen-bond acceptors (Lipinski definition) is 4. The molecule has 1 N–H and O–H groups in total. The molecule has 0 aromatic heterocycles. The van der Waals surface area contributed by atoms with Crippen molar-refractivity contribution in [3.05, 3.63) is 29.3 Å². The number of hydrogen-bond donors (Lipinski definition) is 1. The third-order valence-electron chi connectivity index (χ3n) is 3.76. The first-order chi connectivity index (χ1) is 8.81. The summed E-state index contributed by atoms with van der Waals surface area (Å²) >= 11 is 0. The van der Waals surface area contributed by atoms with Crippen molar-refractivity contribution in [2.45, 2.75) is 13.0 Å². The summed E-state index contributed by atoms with van der Waals surface area (Å²) in [4.78, 5) is 2.37. The number of ether oxygens (including phenoxy) is 1. The maximum Gasteiger partial charge on any atom is 0.122 e. The zero-order valence-electron chi connectivity index (χ0n) is 11.0. The Kier molecular flexibility index (Phi) is 3.50. The molecule has 0 saturated carbocycles. The van der Waals surface area contributed by atoms with Gasteiger partial charge < -0.3 is 9.64 Å². The van der Waals surface area contributed by atoms with E-state index in [-0.39, 0.29) is 0 Å². The number of hydrazine groups is 1. The van der Waals surface area contributed by atoms with E-state index in [1.54, 1.807) is 0 Å². The zero-order chi connectivity index (χ0) is 12.4. The van der Waals surface area contributed by atoms with Crippen LogP contribution in [0.2, 0.25) is 0 Å². The number of piperazine rings is 1. The van der Waals surface area contributed by atoms with Crippen LogP contribution in [0.15, 0.2) is 18.2 Å². The monoisotopic (exact) mass is 247 g/mol. The number of benzene rings is 1. The minimum Gasteiger partial charge on any atom is -0.493 e. The van der Waals surface area contributed by atoms with Crippen LogP contribution < -0.4 is 10.2 Å². The molecule has 0 atom stereocenters. The summed E-state index contributed by atoms with van der Waals surface area (Å²) in [7, 11) is 2.18. The van der Waals surface area contributed by atoms with Gasteiger partial charge in [0.2, 0.25) is 0 Å². The van der Waals surface area contributed by atoms with E-state index in [1.807, 2.05) is 0 Å². The van der Waals surface area contributed by atoms with E-state index in [2.05, 4.69) is 40.6 Å². The summed E-state index contributed by atoms with van der Waals surface area (Å²) in [5, 5.41) is 2.32. The van der Waals surface area contributed by atoms with Crippen LogP contribution in [0.4, 0.5) is 0 Å². The minimum atomic E-state index is 0.838. The van der Waals surface area contributed by atoms with Gasteiger partial charge in [-0.15, -0.1) is 0 Å². The highest BCUT2D eigenvalue weighted by Gasteiger charge is 2.14. The van der Waals surface area contributed by atoms with Gasteiger partial charge >= 0.3 is 0 Å². The van der Waals surface area contributed by atoms with Gasteiger partial charge in [0.1, 0.15) is 5.75 Å². The number of nitrogens with zero attached hydrogens (tertiary/aromatic N) is 2. The fourth-order valence-corrected chi connectivity index (χ4v) is 2.52. The van der Waals surface area contributed by atoms with E-state index in [9.17, 15) is 0 Å². The van der Waals surface area contributed by atoms with Gasteiger partial charge in [-0.05, 0) is 24.2 Å². The molecule has 0 spiro atoms. The molecule has 98 valence electrons. The molecule has 1 aromatic rings. The Morgan fingerprint density at radius 1 is 1.22 bits per heavy atom. The molecule has 0 aliphatic carbocycles. The maximum atomic E-state index is 5.52. The predicted molar refractivity (Wildman–Crippen MR) is 71.6 cm³/mol. The molecule has 18 heavy (non-hydrogen) atoms. The van der Waals surface area contributed by atoms with Crippen molar-refractivity contribution < 1.29 is 4.74 Å². The topological polar surface area (TPSA) is 27.7 Å². The molecule has 2 heterocycles. The van der Waals surface area contributed by atoms with Gasteiger partial charge in [0.05, 0.1) is 6.61 Å². The van der Waals surface area contributed by atoms with Gasteiger partial charge in [0, 0.05) is 39.1 Å². The first-order valence-corrected chi connectivity index (χ1v) is 6.73. The summed E-state index contributed by atoms with van der Waals surface area (Å²) in [6.45, 7) is 6.24. The molecular weight excluding hydrogens is 226 g/mol. The van der Waals surface area contributed by atoms with Crippen molar-refractivity contribution in [1.29, 1.82) is 0 Å². The quantitative estimate of drug-likeness (QED) is 0.858. The predicted octanol–water partition coefficient (Wildman–Crippen LogP) is 0.873. The average Bonchev–Trinajstić information content (AvgIpc) is 2.85. The molecule has 4 heteroatoms. The van der Waals surface area contributed by atoms with Crippen LogP contribution in [0.25, 0.3) is 0 Å². The van der Waals surface area contributed by atoms with E-state index in [4.69, 9.17) is 4.74 Å². The van der Waals surface area contributed by atoms with Crippen LogP contribution in [0.3, 0.4) is 0 Å². The number of rotatable bonds is 3. The lowest BCUT2D eigenvalue weighted by Gasteiger charge is -2.32. The third-order valence-corrected chi connectivity index (χ3v) is 3.76. The molecule has 0 bridgehead atoms. The standard InChI is InChI=1S/C14H21N3O/c1-16-5-7-17(8-6-16)15-11-12-2-3-14-13(10-12)4-9-18-14/h2-3,10,15H,4-9,11H2,1H3. The lowest BCUT2D eigenvalue weighted by Crippen LogP contribution is -2.50. The molecule has 0 radical (unpaired) electrons. The van der Waals surface area contributed by atoms with Crippen molar-refractivity contribution >= 4 is 0 Å². The van der Waals surface area contributed by atoms with Crippen LogP contribution >= 0.6 is 0 Å². The second kappa shape index (κ2) is 5.26. The fourth-order valence-electron chi connectivity index (χ4n) is 2.52. The lowest BCUT2D eigenvalue weighted by atomic mass is 10.1.